The summed E-state index contributed by atoms with van der Waals surface area (Å²) in [6.45, 7) is 0. The molecule has 0 spiro atoms. The Morgan fingerprint density at radius 3 is 2.37 bits per heavy atom. The standard InChI is InChI=1S/C23H21NO3/c1-26-19-13-14-22(27-2)18(16-19)12-15-23(25)24-21-11-7-6-10-20(21)17-8-4-3-5-9-17/h3-16H,1-2H3,(H,24,25)/b15-12+. The predicted molar refractivity (Wildman–Crippen MR) is 109 cm³/mol. The van der Waals surface area contributed by atoms with Gasteiger partial charge in [-0.2, -0.15) is 0 Å². The van der Waals surface area contributed by atoms with Crippen LogP contribution in [0.1, 0.15) is 5.56 Å². The fraction of sp³-hybridized carbons (Fsp3) is 0.0870. The van der Waals surface area contributed by atoms with Gasteiger partial charge in [-0.3, -0.25) is 4.79 Å². The third-order valence-electron chi connectivity index (χ3n) is 4.12. The monoisotopic (exact) mass is 359 g/mol. The van der Waals surface area contributed by atoms with E-state index in [1.54, 1.807) is 26.4 Å². The molecule has 1 amide bonds. The molecular weight excluding hydrogens is 338 g/mol. The number of anilines is 1. The van der Waals surface area contributed by atoms with Gasteiger partial charge in [0.25, 0.3) is 0 Å². The predicted octanol–water partition coefficient (Wildman–Crippen LogP) is 5.02. The normalized spacial score (nSPS) is 10.6. The molecule has 0 aliphatic carbocycles. The van der Waals surface area contributed by atoms with Crippen LogP contribution in [0.15, 0.2) is 78.9 Å². The fourth-order valence-corrected chi connectivity index (χ4v) is 2.77. The first-order valence-corrected chi connectivity index (χ1v) is 8.57. The molecule has 3 rings (SSSR count). The molecule has 1 N–H and O–H groups in total. The molecule has 0 aliphatic rings. The highest BCUT2D eigenvalue weighted by Gasteiger charge is 2.07. The largest absolute Gasteiger partial charge is 0.497 e. The molecular formula is C23H21NO3. The number of ether oxygens (including phenoxy) is 2. The van der Waals surface area contributed by atoms with E-state index in [1.165, 1.54) is 6.08 Å². The van der Waals surface area contributed by atoms with Gasteiger partial charge in [0.1, 0.15) is 11.5 Å². The molecule has 0 aliphatic heterocycles. The number of rotatable bonds is 6. The highest BCUT2D eigenvalue weighted by atomic mass is 16.5. The van der Waals surface area contributed by atoms with Crippen molar-refractivity contribution in [1.29, 1.82) is 0 Å². The number of carbonyl (C=O) groups excluding carboxylic acids is 1. The molecule has 0 saturated carbocycles. The molecule has 3 aromatic rings. The van der Waals surface area contributed by atoms with E-state index in [4.69, 9.17) is 9.47 Å². The van der Waals surface area contributed by atoms with Gasteiger partial charge in [0, 0.05) is 22.9 Å². The highest BCUT2D eigenvalue weighted by molar-refractivity contribution is 6.04. The second-order valence-corrected chi connectivity index (χ2v) is 5.84. The summed E-state index contributed by atoms with van der Waals surface area (Å²) in [6.07, 6.45) is 3.20. The minimum atomic E-state index is -0.219. The third-order valence-corrected chi connectivity index (χ3v) is 4.12. The number of para-hydroxylation sites is 1. The zero-order valence-corrected chi connectivity index (χ0v) is 15.3. The van der Waals surface area contributed by atoms with E-state index in [0.717, 1.165) is 22.4 Å². The van der Waals surface area contributed by atoms with Crippen LogP contribution in [-0.4, -0.2) is 20.1 Å². The molecule has 4 nitrogen and oxygen atoms in total. The number of carbonyl (C=O) groups is 1. The molecule has 136 valence electrons. The zero-order valence-electron chi connectivity index (χ0n) is 15.3. The summed E-state index contributed by atoms with van der Waals surface area (Å²) < 4.78 is 10.6. The molecule has 0 atom stereocenters. The highest BCUT2D eigenvalue weighted by Crippen LogP contribution is 2.28. The van der Waals surface area contributed by atoms with Crippen molar-refractivity contribution >= 4 is 17.7 Å². The van der Waals surface area contributed by atoms with E-state index in [2.05, 4.69) is 5.32 Å². The Bertz CT molecular complexity index is 949. The van der Waals surface area contributed by atoms with Gasteiger partial charge in [-0.1, -0.05) is 48.5 Å². The summed E-state index contributed by atoms with van der Waals surface area (Å²) in [5.74, 6) is 1.15. The number of benzene rings is 3. The molecule has 4 heteroatoms. The van der Waals surface area contributed by atoms with E-state index in [1.807, 2.05) is 66.7 Å². The topological polar surface area (TPSA) is 47.6 Å². The molecule has 0 heterocycles. The van der Waals surface area contributed by atoms with Crippen molar-refractivity contribution in [3.05, 3.63) is 84.4 Å². The van der Waals surface area contributed by atoms with Crippen LogP contribution < -0.4 is 14.8 Å². The van der Waals surface area contributed by atoms with E-state index in [0.29, 0.717) is 11.5 Å². The molecule has 0 aromatic heterocycles. The number of nitrogens with one attached hydrogen (secondary N) is 1. The van der Waals surface area contributed by atoms with Crippen molar-refractivity contribution in [2.45, 2.75) is 0 Å². The molecule has 3 aromatic carbocycles. The average Bonchev–Trinajstić information content (AvgIpc) is 2.73. The molecule has 0 bridgehead atoms. The lowest BCUT2D eigenvalue weighted by Gasteiger charge is -2.10. The molecule has 27 heavy (non-hydrogen) atoms. The minimum Gasteiger partial charge on any atom is -0.497 e. The number of amides is 1. The molecule has 0 unspecified atom stereocenters. The first kappa shape index (κ1) is 18.3. The maximum absolute atomic E-state index is 12.5. The van der Waals surface area contributed by atoms with Crippen LogP contribution >= 0.6 is 0 Å². The second-order valence-electron chi connectivity index (χ2n) is 5.84. The maximum Gasteiger partial charge on any atom is 0.248 e. The number of hydrogen-bond donors (Lipinski definition) is 1. The molecule has 0 radical (unpaired) electrons. The first-order chi connectivity index (χ1) is 13.2. The van der Waals surface area contributed by atoms with Crippen molar-refractivity contribution in [3.8, 4) is 22.6 Å². The lowest BCUT2D eigenvalue weighted by atomic mass is 10.0. The number of methoxy groups -OCH3 is 2. The van der Waals surface area contributed by atoms with Crippen LogP contribution in [0, 0.1) is 0 Å². The Morgan fingerprint density at radius 1 is 0.889 bits per heavy atom. The SMILES string of the molecule is COc1ccc(OC)c(/C=C/C(=O)Nc2ccccc2-c2ccccc2)c1. The lowest BCUT2D eigenvalue weighted by Crippen LogP contribution is -2.08. The van der Waals surface area contributed by atoms with E-state index in [-0.39, 0.29) is 5.91 Å². The van der Waals surface area contributed by atoms with E-state index in [9.17, 15) is 4.79 Å². The third kappa shape index (κ3) is 4.55. The van der Waals surface area contributed by atoms with Crippen LogP contribution in [-0.2, 0) is 4.79 Å². The Labute approximate surface area is 159 Å². The Hall–Kier alpha value is -3.53. The van der Waals surface area contributed by atoms with Crippen LogP contribution in [0.25, 0.3) is 17.2 Å². The quantitative estimate of drug-likeness (QED) is 0.629. The number of hydrogen-bond acceptors (Lipinski definition) is 3. The maximum atomic E-state index is 12.5. The van der Waals surface area contributed by atoms with Crippen LogP contribution in [0.3, 0.4) is 0 Å². The van der Waals surface area contributed by atoms with Crippen LogP contribution in [0.5, 0.6) is 11.5 Å². The van der Waals surface area contributed by atoms with E-state index < -0.39 is 0 Å². The summed E-state index contributed by atoms with van der Waals surface area (Å²) in [4.78, 5) is 12.5. The summed E-state index contributed by atoms with van der Waals surface area (Å²) >= 11 is 0. The second kappa shape index (κ2) is 8.72. The smallest absolute Gasteiger partial charge is 0.248 e. The van der Waals surface area contributed by atoms with Crippen molar-refractivity contribution < 1.29 is 14.3 Å². The zero-order chi connectivity index (χ0) is 19.1. The van der Waals surface area contributed by atoms with Gasteiger partial charge < -0.3 is 14.8 Å². The lowest BCUT2D eigenvalue weighted by molar-refractivity contribution is -0.111. The van der Waals surface area contributed by atoms with Crippen molar-refractivity contribution in [2.24, 2.45) is 0 Å². The average molecular weight is 359 g/mol. The van der Waals surface area contributed by atoms with Gasteiger partial charge in [0.2, 0.25) is 5.91 Å². The van der Waals surface area contributed by atoms with E-state index >= 15 is 0 Å². The Kier molecular flexibility index (Phi) is 5.90. The Balaban J connectivity index is 1.81. The van der Waals surface area contributed by atoms with Crippen LogP contribution in [0.4, 0.5) is 5.69 Å². The minimum absolute atomic E-state index is 0.219. The molecule has 0 fully saturated rings. The van der Waals surface area contributed by atoms with Gasteiger partial charge in [-0.05, 0) is 35.9 Å². The summed E-state index contributed by atoms with van der Waals surface area (Å²) in [5, 5.41) is 2.95. The van der Waals surface area contributed by atoms with Crippen molar-refractivity contribution in [1.82, 2.24) is 0 Å². The molecule has 0 saturated heterocycles. The Morgan fingerprint density at radius 2 is 1.63 bits per heavy atom. The summed E-state index contributed by atoms with van der Waals surface area (Å²) in [7, 11) is 3.19. The fourth-order valence-electron chi connectivity index (χ4n) is 2.77. The van der Waals surface area contributed by atoms with Crippen LogP contribution in [0.2, 0.25) is 0 Å². The van der Waals surface area contributed by atoms with Gasteiger partial charge >= 0.3 is 0 Å². The van der Waals surface area contributed by atoms with Gasteiger partial charge in [0.15, 0.2) is 0 Å². The summed E-state index contributed by atoms with van der Waals surface area (Å²) in [6, 6.07) is 23.1. The van der Waals surface area contributed by atoms with Gasteiger partial charge in [-0.25, -0.2) is 0 Å². The first-order valence-electron chi connectivity index (χ1n) is 8.57. The van der Waals surface area contributed by atoms with Crippen molar-refractivity contribution in [3.63, 3.8) is 0 Å². The van der Waals surface area contributed by atoms with Gasteiger partial charge in [-0.15, -0.1) is 0 Å². The van der Waals surface area contributed by atoms with Crippen molar-refractivity contribution in [2.75, 3.05) is 19.5 Å². The summed E-state index contributed by atoms with van der Waals surface area (Å²) in [5.41, 5.74) is 3.55. The van der Waals surface area contributed by atoms with Gasteiger partial charge in [0.05, 0.1) is 14.2 Å².